The van der Waals surface area contributed by atoms with Gasteiger partial charge < -0.3 is 24.5 Å². The molecule has 1 saturated heterocycles. The van der Waals surface area contributed by atoms with Crippen LogP contribution in [-0.2, 0) is 33.3 Å². The van der Waals surface area contributed by atoms with Gasteiger partial charge in [0.25, 0.3) is 5.91 Å². The summed E-state index contributed by atoms with van der Waals surface area (Å²) in [6.07, 6.45) is 1.86. The molecule has 1 aromatic heterocycles. The van der Waals surface area contributed by atoms with E-state index < -0.39 is 17.4 Å². The lowest BCUT2D eigenvalue weighted by Crippen LogP contribution is -2.47. The third-order valence-corrected chi connectivity index (χ3v) is 7.27. The first-order chi connectivity index (χ1) is 16.8. The van der Waals surface area contributed by atoms with Gasteiger partial charge in [0, 0.05) is 39.2 Å². The fourth-order valence-corrected chi connectivity index (χ4v) is 5.10. The standard InChI is InChI=1S/C27H31ClN2O5/c1-4-17-13-22(28)21-15-24(30(2)23(21)14-17)25(31)29-27(10-12-35-16-27)19-7-5-18(6-8-19)20(26(32)33)9-11-34-3/h5-8,13-15,20H,4,9-12,16H2,1-3H3,(H,29,31)(H,32,33). The van der Waals surface area contributed by atoms with Gasteiger partial charge in [-0.3, -0.25) is 9.59 Å². The summed E-state index contributed by atoms with van der Waals surface area (Å²) in [6, 6.07) is 13.2. The molecule has 2 aromatic carbocycles. The molecule has 7 nitrogen and oxygen atoms in total. The topological polar surface area (TPSA) is 89.8 Å². The fourth-order valence-electron chi connectivity index (χ4n) is 4.81. The van der Waals surface area contributed by atoms with Gasteiger partial charge in [0.1, 0.15) is 5.69 Å². The van der Waals surface area contributed by atoms with Crippen LogP contribution in [0.15, 0.2) is 42.5 Å². The molecule has 0 saturated carbocycles. The van der Waals surface area contributed by atoms with Gasteiger partial charge in [0.15, 0.2) is 0 Å². The van der Waals surface area contributed by atoms with Crippen LogP contribution in [0, 0.1) is 0 Å². The number of carbonyl (C=O) groups excluding carboxylic acids is 1. The maximum atomic E-state index is 13.5. The zero-order valence-electron chi connectivity index (χ0n) is 20.3. The number of carboxylic acid groups (broad SMARTS) is 1. The number of fused-ring (bicyclic) bond motifs is 1. The Hall–Kier alpha value is -2.87. The molecular weight excluding hydrogens is 468 g/mol. The summed E-state index contributed by atoms with van der Waals surface area (Å²) >= 11 is 6.50. The number of carboxylic acids is 1. The molecule has 1 aliphatic heterocycles. The predicted molar refractivity (Wildman–Crippen MR) is 135 cm³/mol. The van der Waals surface area contributed by atoms with E-state index in [4.69, 9.17) is 21.1 Å². The Morgan fingerprint density at radius 1 is 1.26 bits per heavy atom. The number of aliphatic carboxylic acids is 1. The number of hydrogen-bond donors (Lipinski definition) is 2. The lowest BCUT2D eigenvalue weighted by molar-refractivity contribution is -0.139. The molecule has 1 fully saturated rings. The summed E-state index contributed by atoms with van der Waals surface area (Å²) in [5, 5.41) is 14.3. The smallest absolute Gasteiger partial charge is 0.311 e. The molecule has 0 bridgehead atoms. The highest BCUT2D eigenvalue weighted by Gasteiger charge is 2.39. The Bertz CT molecular complexity index is 1230. The minimum Gasteiger partial charge on any atom is -0.481 e. The largest absolute Gasteiger partial charge is 0.481 e. The van der Waals surface area contributed by atoms with Crippen LogP contribution in [0.5, 0.6) is 0 Å². The molecule has 3 aromatic rings. The van der Waals surface area contributed by atoms with Crippen LogP contribution in [0.2, 0.25) is 5.02 Å². The van der Waals surface area contributed by atoms with Crippen LogP contribution in [0.4, 0.5) is 0 Å². The average Bonchev–Trinajstić information content (AvgIpc) is 3.45. The highest BCUT2D eigenvalue weighted by atomic mass is 35.5. The van der Waals surface area contributed by atoms with Gasteiger partial charge in [-0.1, -0.05) is 42.8 Å². The Kier molecular flexibility index (Phi) is 7.50. The molecule has 2 N–H and O–H groups in total. The van der Waals surface area contributed by atoms with Gasteiger partial charge in [0.2, 0.25) is 0 Å². The van der Waals surface area contributed by atoms with Crippen molar-refractivity contribution < 1.29 is 24.2 Å². The van der Waals surface area contributed by atoms with Crippen molar-refractivity contribution in [3.8, 4) is 0 Å². The van der Waals surface area contributed by atoms with Crippen molar-refractivity contribution in [3.63, 3.8) is 0 Å². The summed E-state index contributed by atoms with van der Waals surface area (Å²) in [5.41, 5.74) is 3.43. The maximum absolute atomic E-state index is 13.5. The Morgan fingerprint density at radius 3 is 2.60 bits per heavy atom. The molecule has 35 heavy (non-hydrogen) atoms. The molecule has 1 aliphatic rings. The first-order valence-corrected chi connectivity index (χ1v) is 12.2. The van der Waals surface area contributed by atoms with E-state index in [1.165, 1.54) is 0 Å². The number of nitrogens with one attached hydrogen (secondary N) is 1. The number of ether oxygens (including phenoxy) is 2. The summed E-state index contributed by atoms with van der Waals surface area (Å²) in [4.78, 5) is 25.2. The fraction of sp³-hybridized carbons (Fsp3) is 0.407. The van der Waals surface area contributed by atoms with E-state index >= 15 is 0 Å². The lowest BCUT2D eigenvalue weighted by atomic mass is 9.86. The predicted octanol–water partition coefficient (Wildman–Crippen LogP) is 4.64. The average molecular weight is 499 g/mol. The number of halogens is 1. The Balaban J connectivity index is 1.63. The van der Waals surface area contributed by atoms with Crippen LogP contribution in [-0.4, -0.2) is 48.5 Å². The number of benzene rings is 2. The van der Waals surface area contributed by atoms with Crippen molar-refractivity contribution in [2.45, 2.75) is 37.6 Å². The van der Waals surface area contributed by atoms with Crippen molar-refractivity contribution in [3.05, 3.63) is 69.9 Å². The second-order valence-electron chi connectivity index (χ2n) is 9.09. The number of methoxy groups -OCH3 is 1. The molecule has 0 spiro atoms. The molecule has 0 radical (unpaired) electrons. The van der Waals surface area contributed by atoms with Crippen LogP contribution in [0.25, 0.3) is 10.9 Å². The van der Waals surface area contributed by atoms with Gasteiger partial charge in [0.05, 0.1) is 28.6 Å². The number of carbonyl (C=O) groups is 2. The normalized spacial score (nSPS) is 18.6. The van der Waals surface area contributed by atoms with E-state index in [-0.39, 0.29) is 5.91 Å². The molecular formula is C27H31ClN2O5. The van der Waals surface area contributed by atoms with E-state index in [0.29, 0.717) is 48.9 Å². The summed E-state index contributed by atoms with van der Waals surface area (Å²) < 4.78 is 12.6. The summed E-state index contributed by atoms with van der Waals surface area (Å²) in [6.45, 7) is 3.30. The second-order valence-corrected chi connectivity index (χ2v) is 9.49. The minimum atomic E-state index is -0.886. The van der Waals surface area contributed by atoms with Gasteiger partial charge >= 0.3 is 5.97 Å². The van der Waals surface area contributed by atoms with Crippen LogP contribution in [0.3, 0.4) is 0 Å². The first kappa shape index (κ1) is 25.2. The Morgan fingerprint density at radius 2 is 2.00 bits per heavy atom. The van der Waals surface area contributed by atoms with E-state index in [9.17, 15) is 14.7 Å². The van der Waals surface area contributed by atoms with E-state index in [1.807, 2.05) is 48.0 Å². The molecule has 186 valence electrons. The van der Waals surface area contributed by atoms with Gasteiger partial charge in [-0.15, -0.1) is 0 Å². The third kappa shape index (κ3) is 4.94. The van der Waals surface area contributed by atoms with Crippen molar-refractivity contribution in [2.24, 2.45) is 7.05 Å². The second kappa shape index (κ2) is 10.4. The number of hydrogen-bond acceptors (Lipinski definition) is 4. The molecule has 2 unspecified atom stereocenters. The zero-order valence-corrected chi connectivity index (χ0v) is 21.0. The van der Waals surface area contributed by atoms with Crippen LogP contribution < -0.4 is 5.32 Å². The third-order valence-electron chi connectivity index (χ3n) is 6.96. The lowest BCUT2D eigenvalue weighted by Gasteiger charge is -2.30. The molecule has 1 amide bonds. The SMILES string of the molecule is CCc1cc(Cl)c2cc(C(=O)NC3(c4ccc(C(CCOC)C(=O)O)cc4)CCOC3)n(C)c2c1. The van der Waals surface area contributed by atoms with E-state index in [2.05, 4.69) is 18.3 Å². The molecule has 2 heterocycles. The van der Waals surface area contributed by atoms with Crippen molar-refractivity contribution in [1.29, 1.82) is 0 Å². The van der Waals surface area contributed by atoms with E-state index in [0.717, 1.165) is 28.5 Å². The van der Waals surface area contributed by atoms with Gasteiger partial charge in [-0.25, -0.2) is 0 Å². The highest BCUT2D eigenvalue weighted by molar-refractivity contribution is 6.35. The van der Waals surface area contributed by atoms with Gasteiger partial charge in [-0.05, 0) is 47.7 Å². The summed E-state index contributed by atoms with van der Waals surface area (Å²) in [7, 11) is 3.42. The van der Waals surface area contributed by atoms with Crippen LogP contribution >= 0.6 is 11.6 Å². The molecule has 0 aliphatic carbocycles. The quantitative estimate of drug-likeness (QED) is 0.448. The number of aromatic nitrogens is 1. The Labute approximate surface area is 210 Å². The van der Waals surface area contributed by atoms with Crippen molar-refractivity contribution >= 4 is 34.4 Å². The van der Waals surface area contributed by atoms with Crippen molar-refractivity contribution in [2.75, 3.05) is 26.9 Å². The molecule has 4 rings (SSSR count). The number of nitrogens with zero attached hydrogens (tertiary/aromatic N) is 1. The molecule has 2 atom stereocenters. The number of rotatable bonds is 9. The number of amides is 1. The zero-order chi connectivity index (χ0) is 25.2. The van der Waals surface area contributed by atoms with Gasteiger partial charge in [-0.2, -0.15) is 0 Å². The van der Waals surface area contributed by atoms with Crippen LogP contribution in [0.1, 0.15) is 52.9 Å². The molecule has 8 heteroatoms. The monoisotopic (exact) mass is 498 g/mol. The highest BCUT2D eigenvalue weighted by Crippen LogP contribution is 2.34. The van der Waals surface area contributed by atoms with E-state index in [1.54, 1.807) is 7.11 Å². The van der Waals surface area contributed by atoms with Crippen molar-refractivity contribution in [1.82, 2.24) is 9.88 Å². The number of aryl methyl sites for hydroxylation is 2. The minimum absolute atomic E-state index is 0.212. The summed E-state index contributed by atoms with van der Waals surface area (Å²) in [5.74, 6) is -1.75. The maximum Gasteiger partial charge on any atom is 0.311 e. The first-order valence-electron chi connectivity index (χ1n) is 11.8.